The summed E-state index contributed by atoms with van der Waals surface area (Å²) in [5.74, 6) is 0.626. The average Bonchev–Trinajstić information content (AvgIpc) is 3.24. The summed E-state index contributed by atoms with van der Waals surface area (Å²) in [7, 11) is 1.56. The molecule has 0 fully saturated rings. The number of methoxy groups -OCH3 is 1. The molecule has 0 amide bonds. The first-order valence-corrected chi connectivity index (χ1v) is 11.7. The standard InChI is InChI=1S/C24H18N4O3S2/c1-14-21(33-23(26-14)16-6-4-3-5-7-16)19(29)13-32-24-27-20(18(12-25)22(30)28-24)15-8-10-17(31-2)11-9-15/h3-11H,13H2,1-2H3,(H,27,28,30). The maximum atomic E-state index is 12.9. The Morgan fingerprint density at radius 2 is 1.85 bits per heavy atom. The van der Waals surface area contributed by atoms with Crippen molar-refractivity contribution in [1.29, 1.82) is 5.26 Å². The number of thiazole rings is 1. The molecule has 0 aliphatic heterocycles. The van der Waals surface area contributed by atoms with E-state index in [0.29, 0.717) is 21.9 Å². The van der Waals surface area contributed by atoms with Crippen LogP contribution in [0.2, 0.25) is 0 Å². The predicted octanol–water partition coefficient (Wildman–Crippen LogP) is 4.72. The molecular formula is C24H18N4O3S2. The van der Waals surface area contributed by atoms with Crippen LogP contribution in [0, 0.1) is 18.3 Å². The summed E-state index contributed by atoms with van der Waals surface area (Å²) in [6.45, 7) is 1.81. The van der Waals surface area contributed by atoms with Gasteiger partial charge in [0.1, 0.15) is 22.4 Å². The first-order valence-electron chi connectivity index (χ1n) is 9.88. The van der Waals surface area contributed by atoms with Crippen molar-refractivity contribution >= 4 is 28.9 Å². The first-order chi connectivity index (χ1) is 16.0. The van der Waals surface area contributed by atoms with Crippen LogP contribution in [0.4, 0.5) is 0 Å². The van der Waals surface area contributed by atoms with Gasteiger partial charge < -0.3 is 9.72 Å². The van der Waals surface area contributed by atoms with E-state index in [1.165, 1.54) is 11.3 Å². The Kier molecular flexibility index (Phi) is 6.68. The number of carbonyl (C=O) groups is 1. The van der Waals surface area contributed by atoms with Gasteiger partial charge in [0, 0.05) is 11.1 Å². The summed E-state index contributed by atoms with van der Waals surface area (Å²) >= 11 is 2.46. The van der Waals surface area contributed by atoms with Crippen molar-refractivity contribution in [2.24, 2.45) is 0 Å². The molecule has 0 aliphatic carbocycles. The van der Waals surface area contributed by atoms with E-state index in [2.05, 4.69) is 15.0 Å². The minimum atomic E-state index is -0.548. The van der Waals surface area contributed by atoms with Crippen molar-refractivity contribution in [3.63, 3.8) is 0 Å². The fraction of sp³-hybridized carbons (Fsp3) is 0.125. The minimum absolute atomic E-state index is 0.0775. The number of H-pyrrole nitrogens is 1. The van der Waals surface area contributed by atoms with Crippen LogP contribution in [0.15, 0.2) is 64.5 Å². The summed E-state index contributed by atoms with van der Waals surface area (Å²) in [5.41, 5.74) is 1.87. The van der Waals surface area contributed by atoms with E-state index in [4.69, 9.17) is 4.74 Å². The molecule has 9 heteroatoms. The Labute approximate surface area is 198 Å². The number of nitrogens with zero attached hydrogens (tertiary/aromatic N) is 3. The predicted molar refractivity (Wildman–Crippen MR) is 129 cm³/mol. The maximum Gasteiger partial charge on any atom is 0.270 e. The highest BCUT2D eigenvalue weighted by molar-refractivity contribution is 7.99. The number of aryl methyl sites for hydroxylation is 1. The van der Waals surface area contributed by atoms with Crippen molar-refractivity contribution in [2.45, 2.75) is 12.1 Å². The molecule has 0 atom stereocenters. The van der Waals surface area contributed by atoms with Crippen LogP contribution in [-0.4, -0.2) is 33.6 Å². The van der Waals surface area contributed by atoms with Gasteiger partial charge in [-0.05, 0) is 31.2 Å². The van der Waals surface area contributed by atoms with E-state index in [1.54, 1.807) is 31.4 Å². The number of aromatic amines is 1. The highest BCUT2D eigenvalue weighted by atomic mass is 32.2. The second kappa shape index (κ2) is 9.81. The molecule has 0 spiro atoms. The van der Waals surface area contributed by atoms with Gasteiger partial charge in [0.15, 0.2) is 10.9 Å². The molecule has 0 radical (unpaired) electrons. The zero-order valence-corrected chi connectivity index (χ0v) is 19.4. The van der Waals surface area contributed by atoms with E-state index in [9.17, 15) is 14.9 Å². The number of hydrogen-bond donors (Lipinski definition) is 1. The second-order valence-electron chi connectivity index (χ2n) is 6.95. The smallest absolute Gasteiger partial charge is 0.270 e. The van der Waals surface area contributed by atoms with Gasteiger partial charge in [-0.25, -0.2) is 9.97 Å². The van der Waals surface area contributed by atoms with Gasteiger partial charge in [-0.1, -0.05) is 42.1 Å². The van der Waals surface area contributed by atoms with Crippen LogP contribution in [0.5, 0.6) is 5.75 Å². The van der Waals surface area contributed by atoms with E-state index in [1.807, 2.05) is 43.3 Å². The van der Waals surface area contributed by atoms with E-state index < -0.39 is 5.56 Å². The number of nitrogens with one attached hydrogen (secondary N) is 1. The molecule has 0 bridgehead atoms. The number of benzene rings is 2. The van der Waals surface area contributed by atoms with E-state index in [0.717, 1.165) is 22.3 Å². The van der Waals surface area contributed by atoms with Gasteiger partial charge in [0.05, 0.1) is 29.1 Å². The molecule has 2 aromatic carbocycles. The van der Waals surface area contributed by atoms with Crippen LogP contribution in [0.25, 0.3) is 21.8 Å². The first kappa shape index (κ1) is 22.5. The normalized spacial score (nSPS) is 10.6. The average molecular weight is 475 g/mol. The molecule has 4 aromatic rings. The third-order valence-electron chi connectivity index (χ3n) is 4.78. The number of ketones is 1. The number of carbonyl (C=O) groups excluding carboxylic acids is 1. The molecule has 0 aliphatic rings. The zero-order valence-electron chi connectivity index (χ0n) is 17.8. The summed E-state index contributed by atoms with van der Waals surface area (Å²) in [4.78, 5) is 37.5. The van der Waals surface area contributed by atoms with Gasteiger partial charge in [-0.2, -0.15) is 5.26 Å². The Morgan fingerprint density at radius 3 is 2.52 bits per heavy atom. The number of thioether (sulfide) groups is 1. The lowest BCUT2D eigenvalue weighted by Gasteiger charge is -2.07. The van der Waals surface area contributed by atoms with Gasteiger partial charge >= 0.3 is 0 Å². The Morgan fingerprint density at radius 1 is 1.12 bits per heavy atom. The number of nitriles is 1. The van der Waals surface area contributed by atoms with Crippen molar-refractivity contribution in [3.8, 4) is 33.6 Å². The quantitative estimate of drug-likeness (QED) is 0.234. The SMILES string of the molecule is COc1ccc(-c2nc(SCC(=O)c3sc(-c4ccccc4)nc3C)[nH]c(=O)c2C#N)cc1. The zero-order chi connectivity index (χ0) is 23.4. The summed E-state index contributed by atoms with van der Waals surface area (Å²) in [6, 6.07) is 18.5. The van der Waals surface area contributed by atoms with Gasteiger partial charge in [0.25, 0.3) is 5.56 Å². The molecule has 33 heavy (non-hydrogen) atoms. The summed E-state index contributed by atoms with van der Waals surface area (Å²) in [6.07, 6.45) is 0. The van der Waals surface area contributed by atoms with Crippen LogP contribution >= 0.6 is 23.1 Å². The number of ether oxygens (including phenoxy) is 1. The largest absolute Gasteiger partial charge is 0.497 e. The molecule has 2 aromatic heterocycles. The fourth-order valence-electron chi connectivity index (χ4n) is 3.14. The summed E-state index contributed by atoms with van der Waals surface area (Å²) in [5, 5.41) is 10.5. The lowest BCUT2D eigenvalue weighted by Crippen LogP contribution is -2.15. The molecule has 164 valence electrons. The minimum Gasteiger partial charge on any atom is -0.497 e. The molecule has 2 heterocycles. The Hall–Kier alpha value is -3.74. The highest BCUT2D eigenvalue weighted by Gasteiger charge is 2.18. The maximum absolute atomic E-state index is 12.9. The Balaban J connectivity index is 1.57. The molecule has 0 saturated carbocycles. The lowest BCUT2D eigenvalue weighted by molar-refractivity contribution is 0.102. The number of hydrogen-bond acceptors (Lipinski definition) is 8. The van der Waals surface area contributed by atoms with Crippen molar-refractivity contribution in [2.75, 3.05) is 12.9 Å². The molecule has 0 saturated heterocycles. The van der Waals surface area contributed by atoms with Gasteiger partial charge in [0.2, 0.25) is 0 Å². The lowest BCUT2D eigenvalue weighted by atomic mass is 10.1. The third kappa shape index (κ3) is 4.87. The van der Waals surface area contributed by atoms with E-state index in [-0.39, 0.29) is 27.9 Å². The fourth-order valence-corrected chi connectivity index (χ4v) is 4.97. The molecule has 1 N–H and O–H groups in total. The number of rotatable bonds is 7. The van der Waals surface area contributed by atoms with Crippen molar-refractivity contribution in [1.82, 2.24) is 15.0 Å². The van der Waals surface area contributed by atoms with Crippen molar-refractivity contribution in [3.05, 3.63) is 81.1 Å². The number of aromatic nitrogens is 3. The van der Waals surface area contributed by atoms with Crippen LogP contribution < -0.4 is 10.3 Å². The third-order valence-corrected chi connectivity index (χ3v) is 6.90. The monoisotopic (exact) mass is 474 g/mol. The highest BCUT2D eigenvalue weighted by Crippen LogP contribution is 2.30. The topological polar surface area (TPSA) is 109 Å². The van der Waals surface area contributed by atoms with Gasteiger partial charge in [-0.15, -0.1) is 11.3 Å². The molecule has 4 rings (SSSR count). The molecule has 0 unspecified atom stereocenters. The molecular weight excluding hydrogens is 456 g/mol. The summed E-state index contributed by atoms with van der Waals surface area (Å²) < 4.78 is 5.16. The van der Waals surface area contributed by atoms with Crippen LogP contribution in [-0.2, 0) is 0 Å². The number of Topliss-reactive ketones (excluding diaryl/α,β-unsaturated/α-hetero) is 1. The van der Waals surface area contributed by atoms with E-state index >= 15 is 0 Å². The van der Waals surface area contributed by atoms with Crippen LogP contribution in [0.3, 0.4) is 0 Å². The second-order valence-corrected chi connectivity index (χ2v) is 8.91. The van der Waals surface area contributed by atoms with Gasteiger partial charge in [-0.3, -0.25) is 9.59 Å². The molecule has 7 nitrogen and oxygen atoms in total. The van der Waals surface area contributed by atoms with Crippen molar-refractivity contribution < 1.29 is 9.53 Å². The van der Waals surface area contributed by atoms with Crippen LogP contribution in [0.1, 0.15) is 20.9 Å². The Bertz CT molecular complexity index is 1400.